The molecule has 21 heavy (non-hydrogen) atoms. The molecule has 116 valence electrons. The highest BCUT2D eigenvalue weighted by atomic mass is 35.5. The van der Waals surface area contributed by atoms with Gasteiger partial charge in [-0.2, -0.15) is 0 Å². The second kappa shape index (κ2) is 6.53. The highest BCUT2D eigenvalue weighted by molar-refractivity contribution is 7.91. The number of benzene rings is 1. The Bertz CT molecular complexity index is 633. The zero-order valence-electron chi connectivity index (χ0n) is 11.6. The third-order valence-corrected chi connectivity index (χ3v) is 5.36. The molecule has 1 saturated heterocycles. The summed E-state index contributed by atoms with van der Waals surface area (Å²) >= 11 is 5.88. The van der Waals surface area contributed by atoms with Crippen molar-refractivity contribution in [2.24, 2.45) is 5.92 Å². The summed E-state index contributed by atoms with van der Waals surface area (Å²) in [5, 5.41) is 5.79. The van der Waals surface area contributed by atoms with E-state index in [1.165, 1.54) is 7.11 Å². The number of carbonyl (C=O) groups is 1. The summed E-state index contributed by atoms with van der Waals surface area (Å²) in [7, 11) is -1.43. The minimum atomic E-state index is -2.93. The van der Waals surface area contributed by atoms with Gasteiger partial charge in [-0.3, -0.25) is 0 Å². The topological polar surface area (TPSA) is 84.5 Å². The van der Waals surface area contributed by atoms with E-state index < -0.39 is 15.9 Å². The van der Waals surface area contributed by atoms with Crippen LogP contribution in [0.3, 0.4) is 0 Å². The zero-order valence-corrected chi connectivity index (χ0v) is 13.1. The number of rotatable bonds is 4. The van der Waals surface area contributed by atoms with E-state index in [4.69, 9.17) is 16.3 Å². The van der Waals surface area contributed by atoms with E-state index in [0.29, 0.717) is 29.4 Å². The molecule has 8 heteroatoms. The molecule has 0 saturated carbocycles. The average molecular weight is 333 g/mol. The summed E-state index contributed by atoms with van der Waals surface area (Å²) in [5.74, 6) is 0.802. The summed E-state index contributed by atoms with van der Waals surface area (Å²) in [6.07, 6.45) is 0.586. The van der Waals surface area contributed by atoms with Crippen molar-refractivity contribution in [2.45, 2.75) is 6.42 Å². The van der Waals surface area contributed by atoms with Gasteiger partial charge in [0.15, 0.2) is 9.84 Å². The minimum absolute atomic E-state index is 0.0259. The van der Waals surface area contributed by atoms with Gasteiger partial charge in [0, 0.05) is 11.6 Å². The van der Waals surface area contributed by atoms with Gasteiger partial charge in [-0.15, -0.1) is 0 Å². The molecule has 1 heterocycles. The molecule has 0 aromatic heterocycles. The van der Waals surface area contributed by atoms with Gasteiger partial charge in [0.25, 0.3) is 0 Å². The molecule has 2 rings (SSSR count). The lowest BCUT2D eigenvalue weighted by Gasteiger charge is -2.13. The van der Waals surface area contributed by atoms with E-state index >= 15 is 0 Å². The first kappa shape index (κ1) is 15.9. The lowest BCUT2D eigenvalue weighted by Crippen LogP contribution is -2.33. The van der Waals surface area contributed by atoms with Crippen LogP contribution in [0.4, 0.5) is 10.5 Å². The van der Waals surface area contributed by atoms with Gasteiger partial charge in [0.05, 0.1) is 24.3 Å². The number of amides is 2. The Morgan fingerprint density at radius 2 is 2.24 bits per heavy atom. The first-order valence-corrected chi connectivity index (χ1v) is 8.68. The van der Waals surface area contributed by atoms with Crippen molar-refractivity contribution in [1.82, 2.24) is 5.32 Å². The predicted molar refractivity (Wildman–Crippen MR) is 81.8 cm³/mol. The zero-order chi connectivity index (χ0) is 15.5. The van der Waals surface area contributed by atoms with Crippen LogP contribution >= 0.6 is 11.6 Å². The van der Waals surface area contributed by atoms with Crippen molar-refractivity contribution in [3.05, 3.63) is 23.2 Å². The fourth-order valence-corrected chi connectivity index (χ4v) is 4.25. The van der Waals surface area contributed by atoms with E-state index in [0.717, 1.165) is 0 Å². The minimum Gasteiger partial charge on any atom is -0.495 e. The molecule has 1 fully saturated rings. The van der Waals surface area contributed by atoms with Gasteiger partial charge in [-0.25, -0.2) is 13.2 Å². The summed E-state index contributed by atoms with van der Waals surface area (Å²) in [5.41, 5.74) is 0.460. The highest BCUT2D eigenvalue weighted by Gasteiger charge is 2.27. The maximum Gasteiger partial charge on any atom is 0.319 e. The SMILES string of the molecule is COc1ccc(Cl)cc1NC(=O)NC[C@H]1CCS(=O)(=O)C1. The molecule has 1 aliphatic heterocycles. The van der Waals surface area contributed by atoms with Crippen LogP contribution in [0.25, 0.3) is 0 Å². The average Bonchev–Trinajstić information content (AvgIpc) is 2.76. The number of anilines is 1. The molecule has 6 nitrogen and oxygen atoms in total. The molecule has 0 radical (unpaired) electrons. The maximum absolute atomic E-state index is 11.8. The molecule has 0 unspecified atom stereocenters. The number of hydrogen-bond donors (Lipinski definition) is 2. The van der Waals surface area contributed by atoms with Crippen molar-refractivity contribution in [3.63, 3.8) is 0 Å². The highest BCUT2D eigenvalue weighted by Crippen LogP contribution is 2.27. The lowest BCUT2D eigenvalue weighted by molar-refractivity contribution is 0.250. The summed E-state index contributed by atoms with van der Waals surface area (Å²) in [4.78, 5) is 11.8. The van der Waals surface area contributed by atoms with E-state index in [-0.39, 0.29) is 17.4 Å². The monoisotopic (exact) mass is 332 g/mol. The van der Waals surface area contributed by atoms with Gasteiger partial charge < -0.3 is 15.4 Å². The van der Waals surface area contributed by atoms with Crippen molar-refractivity contribution >= 4 is 33.2 Å². The van der Waals surface area contributed by atoms with Crippen molar-refractivity contribution < 1.29 is 17.9 Å². The molecule has 1 aliphatic rings. The smallest absolute Gasteiger partial charge is 0.319 e. The number of methoxy groups -OCH3 is 1. The fourth-order valence-electron chi connectivity index (χ4n) is 2.21. The number of ether oxygens (including phenoxy) is 1. The van der Waals surface area contributed by atoms with Gasteiger partial charge in [-0.05, 0) is 30.5 Å². The van der Waals surface area contributed by atoms with E-state index in [1.807, 2.05) is 0 Å². The Labute approximate surface area is 128 Å². The normalized spacial score (nSPS) is 20.0. The van der Waals surface area contributed by atoms with E-state index in [2.05, 4.69) is 10.6 Å². The van der Waals surface area contributed by atoms with Gasteiger partial charge >= 0.3 is 6.03 Å². The largest absolute Gasteiger partial charge is 0.495 e. The quantitative estimate of drug-likeness (QED) is 0.882. The Hall–Kier alpha value is -1.47. The molecular formula is C13H17ClN2O4S. The molecule has 2 amide bonds. The van der Waals surface area contributed by atoms with Gasteiger partial charge in [0.2, 0.25) is 0 Å². The molecular weight excluding hydrogens is 316 g/mol. The second-order valence-electron chi connectivity index (χ2n) is 4.95. The van der Waals surface area contributed by atoms with Crippen LogP contribution in [0.5, 0.6) is 5.75 Å². The Morgan fingerprint density at radius 3 is 2.86 bits per heavy atom. The molecule has 0 bridgehead atoms. The second-order valence-corrected chi connectivity index (χ2v) is 7.61. The molecule has 1 aromatic rings. The fraction of sp³-hybridized carbons (Fsp3) is 0.462. The summed E-state index contributed by atoms with van der Waals surface area (Å²) in [6.45, 7) is 0.327. The predicted octanol–water partition coefficient (Wildman–Crippen LogP) is 1.90. The van der Waals surface area contributed by atoms with E-state index in [9.17, 15) is 13.2 Å². The molecule has 0 aliphatic carbocycles. The number of urea groups is 1. The van der Waals surface area contributed by atoms with Crippen molar-refractivity contribution in [3.8, 4) is 5.75 Å². The van der Waals surface area contributed by atoms with Crippen molar-refractivity contribution in [1.29, 1.82) is 0 Å². The number of carbonyl (C=O) groups excluding carboxylic acids is 1. The van der Waals surface area contributed by atoms with Gasteiger partial charge in [-0.1, -0.05) is 11.6 Å². The van der Waals surface area contributed by atoms with Crippen LogP contribution in [-0.2, 0) is 9.84 Å². The van der Waals surface area contributed by atoms with Crippen LogP contribution in [0.2, 0.25) is 5.02 Å². The first-order chi connectivity index (χ1) is 9.89. The third kappa shape index (κ3) is 4.50. The third-order valence-electron chi connectivity index (χ3n) is 3.29. The van der Waals surface area contributed by atoms with Crippen LogP contribution in [0, 0.1) is 5.92 Å². The lowest BCUT2D eigenvalue weighted by atomic mass is 10.1. The van der Waals surface area contributed by atoms with Crippen LogP contribution in [0.15, 0.2) is 18.2 Å². The Morgan fingerprint density at radius 1 is 1.48 bits per heavy atom. The molecule has 1 atom stereocenters. The van der Waals surface area contributed by atoms with Crippen molar-refractivity contribution in [2.75, 3.05) is 30.5 Å². The summed E-state index contributed by atoms with van der Waals surface area (Å²) in [6, 6.07) is 4.48. The van der Waals surface area contributed by atoms with Crippen LogP contribution < -0.4 is 15.4 Å². The first-order valence-electron chi connectivity index (χ1n) is 6.48. The van der Waals surface area contributed by atoms with Crippen LogP contribution in [-0.4, -0.2) is 39.6 Å². The standard InChI is InChI=1S/C13H17ClN2O4S/c1-20-12-3-2-10(14)6-11(12)16-13(17)15-7-9-4-5-21(18,19)8-9/h2-3,6,9H,4-5,7-8H2,1H3,(H2,15,16,17)/t9-/m1/s1. The molecule has 1 aromatic carbocycles. The maximum atomic E-state index is 11.8. The Balaban J connectivity index is 1.89. The number of sulfone groups is 1. The Kier molecular flexibility index (Phi) is 4.95. The number of halogens is 1. The number of hydrogen-bond acceptors (Lipinski definition) is 4. The molecule has 2 N–H and O–H groups in total. The van der Waals surface area contributed by atoms with Crippen LogP contribution in [0.1, 0.15) is 6.42 Å². The number of nitrogens with one attached hydrogen (secondary N) is 2. The van der Waals surface area contributed by atoms with E-state index in [1.54, 1.807) is 18.2 Å². The molecule has 0 spiro atoms. The van der Waals surface area contributed by atoms with Gasteiger partial charge in [0.1, 0.15) is 5.75 Å². The summed E-state index contributed by atoms with van der Waals surface area (Å²) < 4.78 is 27.8.